The second kappa shape index (κ2) is 15.7. The number of carboxylic acids is 1. The van der Waals surface area contributed by atoms with Crippen LogP contribution < -0.4 is 10.6 Å². The molecule has 0 spiro atoms. The van der Waals surface area contributed by atoms with Crippen LogP contribution in [0.5, 0.6) is 0 Å². The fourth-order valence-corrected chi connectivity index (χ4v) is 10.4. The van der Waals surface area contributed by atoms with Crippen molar-refractivity contribution in [1.82, 2.24) is 34.3 Å². The minimum absolute atomic E-state index is 0.118. The Hall–Kier alpha value is -5.09. The summed E-state index contributed by atoms with van der Waals surface area (Å²) < 4.78 is 30.0. The van der Waals surface area contributed by atoms with Crippen molar-refractivity contribution in [3.8, 4) is 11.1 Å². The number of alkyl halides is 2. The average Bonchev–Trinajstić information content (AvgIpc) is 4.01. The van der Waals surface area contributed by atoms with Crippen molar-refractivity contribution in [1.29, 1.82) is 0 Å². The minimum atomic E-state index is -2.90. The van der Waals surface area contributed by atoms with Crippen molar-refractivity contribution < 1.29 is 28.6 Å². The van der Waals surface area contributed by atoms with Crippen LogP contribution in [0.3, 0.4) is 0 Å². The number of carboxylic acid groups (broad SMARTS) is 1. The fourth-order valence-electron chi connectivity index (χ4n) is 10.1. The number of nitrogens with zero attached hydrogens (tertiary/aromatic N) is 7. The van der Waals surface area contributed by atoms with Gasteiger partial charge in [-0.05, 0) is 98.7 Å². The van der Waals surface area contributed by atoms with E-state index in [4.69, 9.17) is 16.6 Å². The van der Waals surface area contributed by atoms with Crippen molar-refractivity contribution in [2.45, 2.75) is 83.9 Å². The summed E-state index contributed by atoms with van der Waals surface area (Å²) in [5, 5.41) is 26.3. The number of aromatic nitrogens is 5. The van der Waals surface area contributed by atoms with E-state index in [-0.39, 0.29) is 34.6 Å². The highest BCUT2D eigenvalue weighted by molar-refractivity contribution is 6.36. The van der Waals surface area contributed by atoms with Gasteiger partial charge in [-0.15, -0.1) is 0 Å². The first kappa shape index (κ1) is 40.3. The van der Waals surface area contributed by atoms with E-state index in [1.165, 1.54) is 0 Å². The first-order chi connectivity index (χ1) is 28.8. The summed E-state index contributed by atoms with van der Waals surface area (Å²) in [6.45, 7) is 6.03. The zero-order chi connectivity index (χ0) is 41.9. The second-order valence-corrected chi connectivity index (χ2v) is 17.6. The first-order valence-electron chi connectivity index (χ1n) is 20.6. The molecule has 2 saturated carbocycles. The van der Waals surface area contributed by atoms with Crippen molar-refractivity contribution in [3.63, 3.8) is 0 Å². The molecule has 4 N–H and O–H groups in total. The lowest BCUT2D eigenvalue weighted by atomic mass is 9.80. The molecule has 5 heterocycles. The lowest BCUT2D eigenvalue weighted by Gasteiger charge is -2.32. The van der Waals surface area contributed by atoms with Gasteiger partial charge in [0, 0.05) is 69.3 Å². The molecule has 0 unspecified atom stereocenters. The molecule has 0 radical (unpaired) electrons. The normalized spacial score (nSPS) is 22.8. The van der Waals surface area contributed by atoms with Crippen LogP contribution >= 0.6 is 11.6 Å². The lowest BCUT2D eigenvalue weighted by Crippen LogP contribution is -2.34. The molecule has 3 fully saturated rings. The van der Waals surface area contributed by atoms with Crippen LogP contribution in [0.1, 0.15) is 90.3 Å². The van der Waals surface area contributed by atoms with Gasteiger partial charge in [0.25, 0.3) is 12.3 Å². The maximum Gasteiger partial charge on any atom is 0.309 e. The van der Waals surface area contributed by atoms with Crippen LogP contribution in [0.15, 0.2) is 48.7 Å². The van der Waals surface area contributed by atoms with E-state index < -0.39 is 23.6 Å². The monoisotopic (exact) mass is 839 g/mol. The predicted molar refractivity (Wildman–Crippen MR) is 223 cm³/mol. The third kappa shape index (κ3) is 7.50. The zero-order valence-electron chi connectivity index (χ0n) is 33.6. The molecule has 1 saturated heterocycles. The SMILES string of the molecule is Cc1c(Nc2nc(C(F)F)nc3cc(CN4CC[C@H](O)C4)cnc23)cccc1-c1cccc(NC(=O)c2nc3c(n2C)CCN(CCC24CCC(C(=O)O)(CC2)C4)C3)c1Cl. The number of likely N-dealkylation sites (tertiary alicyclic amines) is 1. The van der Waals surface area contributed by atoms with Crippen molar-refractivity contribution in [2.75, 3.05) is 36.8 Å². The van der Waals surface area contributed by atoms with E-state index in [0.717, 1.165) is 92.7 Å². The Bertz CT molecular complexity index is 2510. The quantitative estimate of drug-likeness (QED) is 0.0976. The number of pyridine rings is 1. The molecule has 2 bridgehead atoms. The number of amides is 1. The lowest BCUT2D eigenvalue weighted by molar-refractivity contribution is -0.148. The molecule has 2 aliphatic heterocycles. The third-order valence-electron chi connectivity index (χ3n) is 13.5. The number of anilines is 3. The van der Waals surface area contributed by atoms with Gasteiger partial charge in [0.1, 0.15) is 5.52 Å². The number of fused-ring (bicyclic) bond motifs is 4. The highest BCUT2D eigenvalue weighted by Gasteiger charge is 2.57. The zero-order valence-corrected chi connectivity index (χ0v) is 34.4. The van der Waals surface area contributed by atoms with Gasteiger partial charge in [-0.25, -0.2) is 23.7 Å². The number of hydrogen-bond donors (Lipinski definition) is 4. The topological polar surface area (TPSA) is 162 Å². The number of β-amino-alcohol motifs (C(OH)–C–C–N with tert-alkyl or cyclic N) is 1. The number of carbonyl (C=O) groups is 2. The Morgan fingerprint density at radius 3 is 2.50 bits per heavy atom. The smallest absolute Gasteiger partial charge is 0.309 e. The standard InChI is InChI=1S/C44H48ClF2N9O4/c1-25-28(5-3-7-30(25)49-38-36-32(50-39(53-38)37(46)47)19-26(20-48-36)21-56-16-9-27(57)22-56)29-6-4-8-31(35(29)45)52-41(58)40-51-33-23-55(17-10-34(33)54(40)2)18-15-43-11-13-44(24-43,14-12-43)42(59)60/h3-8,19-20,27,37,57H,9-18,21-24H2,1-2H3,(H,52,58)(H,59,60)(H,49,50,53)/t27-,43?,44?/m0/s1. The van der Waals surface area contributed by atoms with Crippen LogP contribution in [-0.2, 0) is 31.4 Å². The molecule has 3 aromatic heterocycles. The van der Waals surface area contributed by atoms with Gasteiger partial charge in [-0.1, -0.05) is 35.9 Å². The number of aliphatic hydroxyl groups is 1. The number of nitrogens with one attached hydrogen (secondary N) is 2. The first-order valence-corrected chi connectivity index (χ1v) is 21.0. The summed E-state index contributed by atoms with van der Waals surface area (Å²) >= 11 is 7.04. The summed E-state index contributed by atoms with van der Waals surface area (Å²) in [5.74, 6) is -1.21. The van der Waals surface area contributed by atoms with Gasteiger partial charge in [0.05, 0.1) is 33.4 Å². The number of rotatable bonds is 12. The van der Waals surface area contributed by atoms with Gasteiger partial charge in [-0.2, -0.15) is 0 Å². The van der Waals surface area contributed by atoms with Gasteiger partial charge < -0.3 is 25.4 Å². The largest absolute Gasteiger partial charge is 0.481 e. The number of benzene rings is 2. The predicted octanol–water partition coefficient (Wildman–Crippen LogP) is 7.67. The number of halogens is 3. The van der Waals surface area contributed by atoms with Crippen LogP contribution in [0.25, 0.3) is 22.2 Å². The summed E-state index contributed by atoms with van der Waals surface area (Å²) in [5.41, 5.74) is 6.11. The Balaban J connectivity index is 0.907. The van der Waals surface area contributed by atoms with Crippen LogP contribution in [-0.4, -0.2) is 88.7 Å². The Kier molecular flexibility index (Phi) is 10.6. The number of aliphatic carboxylic acids is 1. The van der Waals surface area contributed by atoms with Crippen LogP contribution in [0, 0.1) is 17.8 Å². The molecule has 314 valence electrons. The van der Waals surface area contributed by atoms with Gasteiger partial charge in [0.15, 0.2) is 17.5 Å². The summed E-state index contributed by atoms with van der Waals surface area (Å²) in [6, 6.07) is 12.7. The molecule has 2 aliphatic carbocycles. The van der Waals surface area contributed by atoms with E-state index >= 15 is 0 Å². The Labute approximate surface area is 351 Å². The number of imidazole rings is 1. The molecule has 4 aliphatic rings. The molecule has 1 atom stereocenters. The summed E-state index contributed by atoms with van der Waals surface area (Å²) in [4.78, 5) is 47.9. The molecule has 1 amide bonds. The molecule has 2 aromatic carbocycles. The van der Waals surface area contributed by atoms with Gasteiger partial charge >= 0.3 is 5.97 Å². The fraction of sp³-hybridized carbons (Fsp3) is 0.455. The molecule has 60 heavy (non-hydrogen) atoms. The molecule has 16 heteroatoms. The average molecular weight is 840 g/mol. The van der Waals surface area contributed by atoms with Crippen LogP contribution in [0.4, 0.5) is 26.0 Å². The third-order valence-corrected chi connectivity index (χ3v) is 13.9. The molecular weight excluding hydrogens is 792 g/mol. The minimum Gasteiger partial charge on any atom is -0.481 e. The van der Waals surface area contributed by atoms with Crippen LogP contribution in [0.2, 0.25) is 5.02 Å². The van der Waals surface area contributed by atoms with E-state index in [2.05, 4.69) is 35.4 Å². The van der Waals surface area contributed by atoms with E-state index in [1.54, 1.807) is 18.3 Å². The van der Waals surface area contributed by atoms with Gasteiger partial charge in [0.2, 0.25) is 0 Å². The Morgan fingerprint density at radius 2 is 1.78 bits per heavy atom. The van der Waals surface area contributed by atoms with E-state index in [0.29, 0.717) is 53.5 Å². The molecular formula is C44H48ClF2N9O4. The summed E-state index contributed by atoms with van der Waals surface area (Å²) in [6.07, 6.45) is 5.12. The second-order valence-electron chi connectivity index (χ2n) is 17.3. The molecule has 5 aromatic rings. The van der Waals surface area contributed by atoms with Crippen molar-refractivity contribution in [3.05, 3.63) is 87.8 Å². The number of carbonyl (C=O) groups excluding carboxylic acids is 1. The summed E-state index contributed by atoms with van der Waals surface area (Å²) in [7, 11) is 1.86. The number of hydrogen-bond acceptors (Lipinski definition) is 10. The van der Waals surface area contributed by atoms with E-state index in [9.17, 15) is 28.6 Å². The number of aliphatic hydroxyl groups excluding tert-OH is 1. The highest BCUT2D eigenvalue weighted by Crippen LogP contribution is 2.63. The highest BCUT2D eigenvalue weighted by atomic mass is 35.5. The van der Waals surface area contributed by atoms with Crippen molar-refractivity contribution in [2.24, 2.45) is 17.9 Å². The maximum absolute atomic E-state index is 14.1. The van der Waals surface area contributed by atoms with Crippen molar-refractivity contribution >= 4 is 51.7 Å². The maximum atomic E-state index is 14.1. The molecule has 13 nitrogen and oxygen atoms in total. The van der Waals surface area contributed by atoms with E-state index in [1.807, 2.05) is 48.9 Å². The van der Waals surface area contributed by atoms with Gasteiger partial charge in [-0.3, -0.25) is 24.4 Å². The Morgan fingerprint density at radius 1 is 1.02 bits per heavy atom. The molecule has 9 rings (SSSR count).